The summed E-state index contributed by atoms with van der Waals surface area (Å²) in [5.74, 6) is 0.592. The van der Waals surface area contributed by atoms with Crippen molar-refractivity contribution in [1.82, 2.24) is 0 Å². The van der Waals surface area contributed by atoms with Crippen molar-refractivity contribution in [2.24, 2.45) is 0 Å². The molecule has 5 rings (SSSR count). The average molecular weight is 601 g/mol. The maximum Gasteiger partial charge on any atom is 0.416 e. The topological polar surface area (TPSA) is 47.6 Å². The van der Waals surface area contributed by atoms with Crippen LogP contribution in [-0.2, 0) is 17.6 Å². The van der Waals surface area contributed by atoms with Gasteiger partial charge in [-0.25, -0.2) is 0 Å². The van der Waals surface area contributed by atoms with Crippen LogP contribution in [0.15, 0.2) is 72.8 Å². The molecule has 1 aliphatic heterocycles. The zero-order valence-electron chi connectivity index (χ0n) is 18.9. The van der Waals surface area contributed by atoms with Gasteiger partial charge in [0, 0.05) is 16.8 Å². The first kappa shape index (κ1) is 24.2. The summed E-state index contributed by atoms with van der Waals surface area (Å²) in [6.07, 6.45) is -2.86. The number of carbonyl (C=O) groups is 1. The maximum absolute atomic E-state index is 13.1. The highest BCUT2D eigenvalue weighted by molar-refractivity contribution is 14.1. The molecule has 182 valence electrons. The number of nitrogens with one attached hydrogen (secondary N) is 1. The molecule has 1 amide bonds. The quantitative estimate of drug-likeness (QED) is 0.190. The number of hydrogen-bond donors (Lipinski definition) is 1. The molecule has 0 saturated carbocycles. The van der Waals surface area contributed by atoms with E-state index in [1.807, 2.05) is 48.5 Å². The van der Waals surface area contributed by atoms with E-state index >= 15 is 0 Å². The summed E-state index contributed by atoms with van der Waals surface area (Å²) in [4.78, 5) is 12.6. The largest absolute Gasteiger partial charge is 0.493 e. The van der Waals surface area contributed by atoms with Crippen LogP contribution in [0.2, 0.25) is 0 Å². The summed E-state index contributed by atoms with van der Waals surface area (Å²) >= 11 is 2.14. The lowest BCUT2D eigenvalue weighted by molar-refractivity contribution is -0.137. The maximum atomic E-state index is 13.1. The van der Waals surface area contributed by atoms with Crippen LogP contribution in [-0.4, -0.2) is 13.0 Å². The van der Waals surface area contributed by atoms with E-state index in [9.17, 15) is 18.0 Å². The first-order valence-corrected chi connectivity index (χ1v) is 12.0. The van der Waals surface area contributed by atoms with Crippen molar-refractivity contribution in [3.8, 4) is 11.5 Å². The lowest BCUT2D eigenvalue weighted by Gasteiger charge is -2.15. The third-order valence-corrected chi connectivity index (χ3v) is 6.75. The summed E-state index contributed by atoms with van der Waals surface area (Å²) in [7, 11) is 1.53. The monoisotopic (exact) mass is 601 g/mol. The van der Waals surface area contributed by atoms with Gasteiger partial charge in [0.05, 0.1) is 16.2 Å². The third-order valence-electron chi connectivity index (χ3n) is 5.94. The van der Waals surface area contributed by atoms with Crippen molar-refractivity contribution < 1.29 is 27.4 Å². The van der Waals surface area contributed by atoms with Gasteiger partial charge >= 0.3 is 6.18 Å². The Morgan fingerprint density at radius 3 is 2.56 bits per heavy atom. The van der Waals surface area contributed by atoms with Crippen molar-refractivity contribution in [1.29, 1.82) is 0 Å². The van der Waals surface area contributed by atoms with E-state index in [4.69, 9.17) is 9.47 Å². The molecule has 4 nitrogen and oxygen atoms in total. The molecule has 1 N–H and O–H groups in total. The van der Waals surface area contributed by atoms with Crippen LogP contribution in [0.25, 0.3) is 22.4 Å². The molecule has 0 atom stereocenters. The standard InChI is InChI=1S/C28H19F3INO3/c1-35-25-13-16(11-22-21-10-9-19(28(29,30)31)14-24(21)33-27(22)34)12-23(32)26(25)36-15-18-7-4-6-17-5-2-3-8-20(17)18/h2-14H,15H2,1H3,(H,33,34)/b22-11-. The summed E-state index contributed by atoms with van der Waals surface area (Å²) in [6.45, 7) is 0.339. The SMILES string of the molecule is COc1cc(/C=C2\C(=O)Nc3cc(C(F)(F)F)ccc32)cc(I)c1OCc1cccc2ccccc12. The number of benzene rings is 4. The Morgan fingerprint density at radius 2 is 1.78 bits per heavy atom. The zero-order valence-corrected chi connectivity index (χ0v) is 21.1. The van der Waals surface area contributed by atoms with Crippen LogP contribution < -0.4 is 14.8 Å². The minimum Gasteiger partial charge on any atom is -0.493 e. The van der Waals surface area contributed by atoms with Crippen molar-refractivity contribution in [2.75, 3.05) is 12.4 Å². The van der Waals surface area contributed by atoms with Crippen LogP contribution >= 0.6 is 22.6 Å². The summed E-state index contributed by atoms with van der Waals surface area (Å²) < 4.78 is 51.7. The van der Waals surface area contributed by atoms with Gasteiger partial charge in [0.15, 0.2) is 11.5 Å². The minimum absolute atomic E-state index is 0.137. The summed E-state index contributed by atoms with van der Waals surface area (Å²) in [5, 5.41) is 4.75. The second kappa shape index (κ2) is 9.50. The Hall–Kier alpha value is -3.53. The smallest absolute Gasteiger partial charge is 0.416 e. The molecule has 4 aromatic carbocycles. The highest BCUT2D eigenvalue weighted by Gasteiger charge is 2.33. The van der Waals surface area contributed by atoms with E-state index < -0.39 is 17.6 Å². The minimum atomic E-state index is -4.49. The van der Waals surface area contributed by atoms with Crippen LogP contribution in [0.1, 0.15) is 22.3 Å². The molecule has 0 aliphatic carbocycles. The second-order valence-electron chi connectivity index (χ2n) is 8.23. The predicted molar refractivity (Wildman–Crippen MR) is 142 cm³/mol. The molecule has 4 aromatic rings. The number of halogens is 4. The zero-order chi connectivity index (χ0) is 25.4. The van der Waals surface area contributed by atoms with Gasteiger partial charge in [-0.1, -0.05) is 48.5 Å². The Kier molecular flexibility index (Phi) is 6.38. The highest BCUT2D eigenvalue weighted by Crippen LogP contribution is 2.40. The molecule has 0 saturated heterocycles. The Balaban J connectivity index is 1.45. The first-order chi connectivity index (χ1) is 17.2. The summed E-state index contributed by atoms with van der Waals surface area (Å²) in [5.41, 5.74) is 1.71. The lowest BCUT2D eigenvalue weighted by Crippen LogP contribution is -2.06. The molecule has 1 heterocycles. The van der Waals surface area contributed by atoms with Crippen molar-refractivity contribution >= 4 is 56.6 Å². The fraction of sp³-hybridized carbons (Fsp3) is 0.107. The van der Waals surface area contributed by atoms with E-state index in [1.54, 1.807) is 12.1 Å². The van der Waals surface area contributed by atoms with Crippen LogP contribution in [0.4, 0.5) is 18.9 Å². The van der Waals surface area contributed by atoms with Gasteiger partial charge in [-0.3, -0.25) is 4.79 Å². The number of ether oxygens (including phenoxy) is 2. The average Bonchev–Trinajstić information content (AvgIpc) is 3.16. The van der Waals surface area contributed by atoms with Gasteiger partial charge in [0.2, 0.25) is 0 Å². The molecule has 1 aliphatic rings. The van der Waals surface area contributed by atoms with E-state index in [0.29, 0.717) is 29.2 Å². The van der Waals surface area contributed by atoms with Crippen LogP contribution in [0.3, 0.4) is 0 Å². The van der Waals surface area contributed by atoms with Gasteiger partial charge in [-0.05, 0) is 74.8 Å². The Labute approximate surface area is 218 Å². The van der Waals surface area contributed by atoms with Gasteiger partial charge < -0.3 is 14.8 Å². The molecule has 0 radical (unpaired) electrons. The molecule has 36 heavy (non-hydrogen) atoms. The van der Waals surface area contributed by atoms with Crippen molar-refractivity contribution in [2.45, 2.75) is 12.8 Å². The van der Waals surface area contributed by atoms with Gasteiger partial charge in [0.1, 0.15) is 6.61 Å². The fourth-order valence-corrected chi connectivity index (χ4v) is 4.99. The van der Waals surface area contributed by atoms with Crippen molar-refractivity contribution in [3.05, 3.63) is 98.6 Å². The number of amides is 1. The van der Waals surface area contributed by atoms with Crippen LogP contribution in [0.5, 0.6) is 11.5 Å². The van der Waals surface area contributed by atoms with Crippen molar-refractivity contribution in [3.63, 3.8) is 0 Å². The molecular weight excluding hydrogens is 582 g/mol. The van der Waals surface area contributed by atoms with Gasteiger partial charge in [0.25, 0.3) is 5.91 Å². The molecule has 8 heteroatoms. The number of hydrogen-bond acceptors (Lipinski definition) is 3. The molecule has 0 unspecified atom stereocenters. The number of anilines is 1. The molecule has 0 fully saturated rings. The Bertz CT molecular complexity index is 1520. The van der Waals surface area contributed by atoms with Gasteiger partial charge in [-0.2, -0.15) is 13.2 Å². The predicted octanol–water partition coefficient (Wildman–Crippen LogP) is 7.54. The van der Waals surface area contributed by atoms with E-state index in [-0.39, 0.29) is 11.3 Å². The highest BCUT2D eigenvalue weighted by atomic mass is 127. The third kappa shape index (κ3) is 4.65. The number of carbonyl (C=O) groups excluding carboxylic acids is 1. The van der Waals surface area contributed by atoms with E-state index in [0.717, 1.165) is 32.0 Å². The van der Waals surface area contributed by atoms with Gasteiger partial charge in [-0.15, -0.1) is 0 Å². The molecule has 0 aromatic heterocycles. The van der Waals surface area contributed by atoms with E-state index in [2.05, 4.69) is 27.9 Å². The second-order valence-corrected chi connectivity index (χ2v) is 9.39. The summed E-state index contributed by atoms with van der Waals surface area (Å²) in [6, 6.07) is 20.9. The lowest BCUT2D eigenvalue weighted by atomic mass is 10.0. The Morgan fingerprint density at radius 1 is 1.00 bits per heavy atom. The first-order valence-electron chi connectivity index (χ1n) is 11.0. The number of fused-ring (bicyclic) bond motifs is 2. The van der Waals surface area contributed by atoms with Crippen LogP contribution in [0, 0.1) is 3.57 Å². The molecular formula is C28H19F3INO3. The number of rotatable bonds is 5. The molecule has 0 bridgehead atoms. The van der Waals surface area contributed by atoms with E-state index in [1.165, 1.54) is 13.2 Å². The normalized spacial score (nSPS) is 14.1. The number of methoxy groups -OCH3 is 1. The fourth-order valence-electron chi connectivity index (χ4n) is 4.21. The molecule has 0 spiro atoms. The number of alkyl halides is 3.